The molecule has 0 saturated heterocycles. The van der Waals surface area contributed by atoms with Crippen molar-refractivity contribution in [3.63, 3.8) is 0 Å². The Morgan fingerprint density at radius 1 is 1.17 bits per heavy atom. The van der Waals surface area contributed by atoms with E-state index in [0.29, 0.717) is 16.0 Å². The van der Waals surface area contributed by atoms with Crippen LogP contribution in [0.3, 0.4) is 0 Å². The fraction of sp³-hybridized carbons (Fsp3) is 0.286. The molecule has 29 heavy (non-hydrogen) atoms. The Labute approximate surface area is 179 Å². The van der Waals surface area contributed by atoms with E-state index in [9.17, 15) is 4.79 Å². The smallest absolute Gasteiger partial charge is 0.230 e. The van der Waals surface area contributed by atoms with Gasteiger partial charge in [0.1, 0.15) is 5.75 Å². The first-order valence-electron chi connectivity index (χ1n) is 9.29. The van der Waals surface area contributed by atoms with Crippen LogP contribution in [-0.2, 0) is 4.79 Å². The number of aromatic nitrogens is 3. The number of thioether (sulfide) groups is 1. The van der Waals surface area contributed by atoms with Crippen molar-refractivity contribution >= 4 is 29.3 Å². The summed E-state index contributed by atoms with van der Waals surface area (Å²) >= 11 is 7.38. The standard InChI is InChI=1S/C21H23ClN4O2S/c1-4-14(2)23-19(27)13-29-21-25-24-20(15-5-7-16(22)8-6-15)26(21)17-9-11-18(28-3)12-10-17/h5-12,14H,4,13H2,1-3H3,(H,23,27)/t14-/m0/s1. The Morgan fingerprint density at radius 3 is 2.48 bits per heavy atom. The Morgan fingerprint density at radius 2 is 1.86 bits per heavy atom. The molecule has 0 saturated carbocycles. The van der Waals surface area contributed by atoms with Crippen LogP contribution in [-0.4, -0.2) is 39.6 Å². The normalized spacial score (nSPS) is 11.9. The highest BCUT2D eigenvalue weighted by Gasteiger charge is 2.18. The van der Waals surface area contributed by atoms with Crippen LogP contribution in [0.1, 0.15) is 20.3 Å². The molecular weight excluding hydrogens is 408 g/mol. The molecule has 3 rings (SSSR count). The predicted octanol–water partition coefficient (Wildman–Crippen LogP) is 4.60. The Bertz CT molecular complexity index is 958. The van der Waals surface area contributed by atoms with Crippen molar-refractivity contribution in [2.24, 2.45) is 0 Å². The third-order valence-corrected chi connectivity index (χ3v) is 5.60. The minimum Gasteiger partial charge on any atom is -0.497 e. The molecule has 1 atom stereocenters. The van der Waals surface area contributed by atoms with E-state index >= 15 is 0 Å². The minimum absolute atomic E-state index is 0.0262. The molecule has 152 valence electrons. The van der Waals surface area contributed by atoms with Crippen molar-refractivity contribution in [1.29, 1.82) is 0 Å². The topological polar surface area (TPSA) is 69.0 Å². The van der Waals surface area contributed by atoms with Crippen LogP contribution in [0, 0.1) is 0 Å². The molecule has 3 aromatic rings. The van der Waals surface area contributed by atoms with Crippen LogP contribution >= 0.6 is 23.4 Å². The van der Waals surface area contributed by atoms with Crippen LogP contribution in [0.25, 0.3) is 17.1 Å². The van der Waals surface area contributed by atoms with E-state index in [1.165, 1.54) is 11.8 Å². The zero-order valence-corrected chi connectivity index (χ0v) is 18.1. The fourth-order valence-electron chi connectivity index (χ4n) is 2.66. The van der Waals surface area contributed by atoms with Crippen LogP contribution in [0.15, 0.2) is 53.7 Å². The highest BCUT2D eigenvalue weighted by Crippen LogP contribution is 2.29. The van der Waals surface area contributed by atoms with Gasteiger partial charge in [-0.1, -0.05) is 30.3 Å². The van der Waals surface area contributed by atoms with E-state index < -0.39 is 0 Å². The van der Waals surface area contributed by atoms with Crippen LogP contribution < -0.4 is 10.1 Å². The van der Waals surface area contributed by atoms with Crippen molar-refractivity contribution in [2.45, 2.75) is 31.5 Å². The monoisotopic (exact) mass is 430 g/mol. The molecule has 1 heterocycles. The number of ether oxygens (including phenoxy) is 1. The van der Waals surface area contributed by atoms with Crippen LogP contribution in [0.2, 0.25) is 5.02 Å². The Balaban J connectivity index is 1.93. The number of carbonyl (C=O) groups excluding carboxylic acids is 1. The highest BCUT2D eigenvalue weighted by molar-refractivity contribution is 7.99. The number of rotatable bonds is 8. The molecule has 1 amide bonds. The molecule has 0 aliphatic rings. The SMILES string of the molecule is CC[C@H](C)NC(=O)CSc1nnc(-c2ccc(Cl)cc2)n1-c1ccc(OC)cc1. The maximum Gasteiger partial charge on any atom is 0.230 e. The summed E-state index contributed by atoms with van der Waals surface area (Å²) in [6.45, 7) is 4.03. The van der Waals surface area contributed by atoms with Gasteiger partial charge in [-0.15, -0.1) is 10.2 Å². The van der Waals surface area contributed by atoms with Gasteiger partial charge < -0.3 is 10.1 Å². The average molecular weight is 431 g/mol. The lowest BCUT2D eigenvalue weighted by molar-refractivity contribution is -0.119. The van der Waals surface area contributed by atoms with Gasteiger partial charge in [0.15, 0.2) is 11.0 Å². The van der Waals surface area contributed by atoms with Crippen molar-refractivity contribution in [3.05, 3.63) is 53.6 Å². The van der Waals surface area contributed by atoms with Gasteiger partial charge in [0.2, 0.25) is 5.91 Å². The largest absolute Gasteiger partial charge is 0.497 e. The third-order valence-electron chi connectivity index (χ3n) is 4.42. The quantitative estimate of drug-likeness (QED) is 0.529. The highest BCUT2D eigenvalue weighted by atomic mass is 35.5. The lowest BCUT2D eigenvalue weighted by Gasteiger charge is -2.13. The van der Waals surface area contributed by atoms with E-state index in [4.69, 9.17) is 16.3 Å². The molecule has 1 aromatic heterocycles. The van der Waals surface area contributed by atoms with Gasteiger partial charge >= 0.3 is 0 Å². The zero-order valence-electron chi connectivity index (χ0n) is 16.6. The van der Waals surface area contributed by atoms with E-state index in [2.05, 4.69) is 15.5 Å². The van der Waals surface area contributed by atoms with Gasteiger partial charge in [-0.3, -0.25) is 9.36 Å². The van der Waals surface area contributed by atoms with Crippen LogP contribution in [0.4, 0.5) is 0 Å². The van der Waals surface area contributed by atoms with Gasteiger partial charge in [0.05, 0.1) is 12.9 Å². The zero-order chi connectivity index (χ0) is 20.8. The van der Waals surface area contributed by atoms with Gasteiger partial charge in [-0.05, 0) is 61.9 Å². The molecule has 0 spiro atoms. The lowest BCUT2D eigenvalue weighted by Crippen LogP contribution is -2.33. The maximum atomic E-state index is 12.2. The predicted molar refractivity (Wildman–Crippen MR) is 117 cm³/mol. The number of methoxy groups -OCH3 is 1. The van der Waals surface area contributed by atoms with Crippen molar-refractivity contribution in [3.8, 4) is 22.8 Å². The lowest BCUT2D eigenvalue weighted by atomic mass is 10.2. The molecule has 6 nitrogen and oxygen atoms in total. The minimum atomic E-state index is -0.0262. The molecule has 0 aliphatic heterocycles. The van der Waals surface area contributed by atoms with Crippen LogP contribution in [0.5, 0.6) is 5.75 Å². The number of hydrogen-bond acceptors (Lipinski definition) is 5. The summed E-state index contributed by atoms with van der Waals surface area (Å²) in [5.74, 6) is 1.68. The average Bonchev–Trinajstić information content (AvgIpc) is 3.16. The third kappa shape index (κ3) is 5.31. The molecule has 8 heteroatoms. The summed E-state index contributed by atoms with van der Waals surface area (Å²) in [5.41, 5.74) is 1.76. The Hall–Kier alpha value is -2.51. The van der Waals surface area contributed by atoms with Crippen molar-refractivity contribution in [1.82, 2.24) is 20.1 Å². The maximum absolute atomic E-state index is 12.2. The number of amides is 1. The first kappa shape index (κ1) is 21.2. The van der Waals surface area contributed by atoms with E-state index in [0.717, 1.165) is 23.4 Å². The second kappa shape index (κ2) is 9.80. The summed E-state index contributed by atoms with van der Waals surface area (Å²) in [4.78, 5) is 12.2. The molecular formula is C21H23ClN4O2S. The Kier molecular flexibility index (Phi) is 7.17. The van der Waals surface area contributed by atoms with Gasteiger partial charge in [0.25, 0.3) is 0 Å². The summed E-state index contributed by atoms with van der Waals surface area (Å²) < 4.78 is 7.19. The second-order valence-corrected chi connectivity index (χ2v) is 7.89. The molecule has 1 N–H and O–H groups in total. The summed E-state index contributed by atoms with van der Waals surface area (Å²) in [6.07, 6.45) is 0.888. The molecule has 0 radical (unpaired) electrons. The molecule has 0 fully saturated rings. The molecule has 0 unspecified atom stereocenters. The van der Waals surface area contributed by atoms with E-state index in [1.807, 2.05) is 66.9 Å². The summed E-state index contributed by atoms with van der Waals surface area (Å²) in [6, 6.07) is 15.2. The number of carbonyl (C=O) groups is 1. The van der Waals surface area contributed by atoms with Gasteiger partial charge in [-0.25, -0.2) is 0 Å². The number of nitrogens with one attached hydrogen (secondary N) is 1. The summed E-state index contributed by atoms with van der Waals surface area (Å²) in [5, 5.41) is 13.0. The fourth-order valence-corrected chi connectivity index (χ4v) is 3.55. The first-order valence-corrected chi connectivity index (χ1v) is 10.7. The van der Waals surface area contributed by atoms with E-state index in [-0.39, 0.29) is 17.7 Å². The van der Waals surface area contributed by atoms with Gasteiger partial charge in [0, 0.05) is 22.3 Å². The van der Waals surface area contributed by atoms with Crippen molar-refractivity contribution < 1.29 is 9.53 Å². The number of halogens is 1. The number of nitrogens with zero attached hydrogens (tertiary/aromatic N) is 3. The molecule has 0 aliphatic carbocycles. The second-order valence-electron chi connectivity index (χ2n) is 6.51. The van der Waals surface area contributed by atoms with E-state index in [1.54, 1.807) is 7.11 Å². The number of hydrogen-bond donors (Lipinski definition) is 1. The molecule has 2 aromatic carbocycles. The number of benzene rings is 2. The molecule has 0 bridgehead atoms. The van der Waals surface area contributed by atoms with Gasteiger partial charge in [-0.2, -0.15) is 0 Å². The first-order chi connectivity index (χ1) is 14.0. The summed E-state index contributed by atoms with van der Waals surface area (Å²) in [7, 11) is 1.63. The van der Waals surface area contributed by atoms with Crippen molar-refractivity contribution in [2.75, 3.05) is 12.9 Å².